The van der Waals surface area contributed by atoms with Gasteiger partial charge in [0.2, 0.25) is 0 Å². The van der Waals surface area contributed by atoms with E-state index in [2.05, 4.69) is 21.3 Å². The summed E-state index contributed by atoms with van der Waals surface area (Å²) in [6.07, 6.45) is -1.81. The molecular weight excluding hydrogens is 1010 g/mol. The van der Waals surface area contributed by atoms with Crippen LogP contribution in [0.4, 0.5) is 11.4 Å². The maximum Gasteiger partial charge on any atom is 0.343 e. The molecule has 4 aromatic rings. The summed E-state index contributed by atoms with van der Waals surface area (Å²) in [5.74, 6) is -10.7. The maximum absolute atomic E-state index is 13.0. The third-order valence-corrected chi connectivity index (χ3v) is 9.58. The van der Waals surface area contributed by atoms with E-state index in [1.807, 2.05) is 0 Å². The van der Waals surface area contributed by atoms with Crippen LogP contribution in [-0.4, -0.2) is 158 Å². The zero-order chi connectivity index (χ0) is 55.6. The van der Waals surface area contributed by atoms with Gasteiger partial charge in [-0.3, -0.25) is 30.0 Å². The molecule has 0 aromatic heterocycles. The summed E-state index contributed by atoms with van der Waals surface area (Å²) in [5, 5.41) is 61.0. The Morgan fingerprint density at radius 2 is 0.737 bits per heavy atom. The molecule has 0 radical (unpaired) electrons. The molecule has 2 amide bonds. The number of carboxylic acids is 4. The number of rotatable bonds is 33. The Morgan fingerprint density at radius 1 is 0.434 bits per heavy atom. The number of carboxylic acid groups (broad SMARTS) is 4. The Hall–Kier alpha value is -9.38. The third-order valence-electron chi connectivity index (χ3n) is 9.58. The standard InChI is InChI=1S/C48H54N8O20/c49-47(50)53-31-5-1-27(2-6-31)45(67)75-35-21-29(41(61)55-37(43(63)64)25-39(57)58)19-33(23-35)73-17-15-71-13-11-69-9-10-70-12-14-72-16-18-74-34-20-30(42(62)56-38(44(65)66)26-40(59)60)22-36(24-34)76-46(68)28-3-7-32(8-4-28)54-48(51)52/h1-8,19-24,37-38H,9-18,25-26H2,(H,55,61)(H,56,62)(H,57,58)(H,59,60)(H,63,64)(H,65,66)(H4,49,50,53)(H4,51,52,54). The fourth-order valence-corrected chi connectivity index (χ4v) is 6.14. The number of hydrogen-bond donors (Lipinski definition) is 12. The predicted molar refractivity (Wildman–Crippen MR) is 263 cm³/mol. The summed E-state index contributed by atoms with van der Waals surface area (Å²) >= 11 is 0. The van der Waals surface area contributed by atoms with Crippen LogP contribution in [0.3, 0.4) is 0 Å². The summed E-state index contributed by atoms with van der Waals surface area (Å²) in [7, 11) is 0. The fourth-order valence-electron chi connectivity index (χ4n) is 6.14. The van der Waals surface area contributed by atoms with E-state index in [9.17, 15) is 48.6 Å². The first-order valence-electron chi connectivity index (χ1n) is 22.5. The molecule has 4 rings (SSSR count). The number of esters is 2. The molecule has 14 N–H and O–H groups in total. The molecule has 0 heterocycles. The fraction of sp³-hybridized carbons (Fsp3) is 0.292. The van der Waals surface area contributed by atoms with Crippen molar-refractivity contribution in [1.82, 2.24) is 10.6 Å². The SMILES string of the molecule is N=C(N)Nc1ccc(C(=O)Oc2cc(OCCOCCOCCOCCOCCOc3cc(OC(=O)c4ccc(NC(=N)N)cc4)cc(C(=O)NC(CC(=O)O)C(=O)O)c3)cc(C(=O)NC(CC(=O)O)C(=O)O)c2)cc1. The number of amides is 2. The lowest BCUT2D eigenvalue weighted by atomic mass is 10.1. The van der Waals surface area contributed by atoms with Crippen molar-refractivity contribution < 1.29 is 96.7 Å². The molecule has 28 nitrogen and oxygen atoms in total. The van der Waals surface area contributed by atoms with Gasteiger partial charge in [0.25, 0.3) is 11.8 Å². The number of nitrogens with one attached hydrogen (secondary N) is 6. The van der Waals surface area contributed by atoms with Gasteiger partial charge in [0, 0.05) is 34.6 Å². The number of carbonyl (C=O) groups excluding carboxylic acids is 4. The van der Waals surface area contributed by atoms with Crippen LogP contribution in [0.25, 0.3) is 0 Å². The van der Waals surface area contributed by atoms with E-state index in [1.165, 1.54) is 72.8 Å². The average molecular weight is 1060 g/mol. The zero-order valence-corrected chi connectivity index (χ0v) is 40.2. The van der Waals surface area contributed by atoms with Gasteiger partial charge in [0.1, 0.15) is 48.3 Å². The first-order chi connectivity index (χ1) is 36.3. The molecule has 0 aliphatic rings. The number of nitrogens with two attached hydrogens (primary N) is 2. The van der Waals surface area contributed by atoms with Crippen LogP contribution in [0.2, 0.25) is 0 Å². The van der Waals surface area contributed by atoms with Crippen LogP contribution in [-0.2, 0) is 38.1 Å². The smallest absolute Gasteiger partial charge is 0.343 e. The highest BCUT2D eigenvalue weighted by Crippen LogP contribution is 2.26. The Bertz CT molecular complexity index is 2520. The van der Waals surface area contributed by atoms with E-state index in [0.717, 1.165) is 12.1 Å². The molecule has 0 aliphatic heterocycles. The highest BCUT2D eigenvalue weighted by atomic mass is 16.6. The van der Waals surface area contributed by atoms with Gasteiger partial charge in [-0.25, -0.2) is 19.2 Å². The molecular formula is C48H54N8O20. The van der Waals surface area contributed by atoms with Crippen LogP contribution in [0.1, 0.15) is 54.3 Å². The first-order valence-corrected chi connectivity index (χ1v) is 22.5. The van der Waals surface area contributed by atoms with E-state index in [4.69, 9.17) is 70.4 Å². The third kappa shape index (κ3) is 21.8. The lowest BCUT2D eigenvalue weighted by Gasteiger charge is -2.15. The van der Waals surface area contributed by atoms with Crippen molar-refractivity contribution >= 4 is 70.9 Å². The number of hydrogen-bond acceptors (Lipinski definition) is 18. The summed E-state index contributed by atoms with van der Waals surface area (Å²) < 4.78 is 44.4. The lowest BCUT2D eigenvalue weighted by molar-refractivity contribution is -0.145. The Kier molecular flexibility index (Phi) is 23.8. The molecule has 28 heteroatoms. The van der Waals surface area contributed by atoms with E-state index in [0.29, 0.717) is 11.4 Å². The number of benzene rings is 4. The van der Waals surface area contributed by atoms with Crippen LogP contribution in [0.5, 0.6) is 23.0 Å². The van der Waals surface area contributed by atoms with Crippen LogP contribution in [0, 0.1) is 10.8 Å². The van der Waals surface area contributed by atoms with E-state index in [-0.39, 0.29) is 123 Å². The second-order valence-corrected chi connectivity index (χ2v) is 15.5. The van der Waals surface area contributed by atoms with Crippen molar-refractivity contribution in [1.29, 1.82) is 10.8 Å². The Labute approximate surface area is 431 Å². The van der Waals surface area contributed by atoms with Gasteiger partial charge in [0.15, 0.2) is 11.9 Å². The second-order valence-electron chi connectivity index (χ2n) is 15.5. The second kappa shape index (κ2) is 30.6. The number of guanidine groups is 2. The number of anilines is 2. The molecule has 0 saturated heterocycles. The molecule has 0 fully saturated rings. The van der Waals surface area contributed by atoms with Gasteiger partial charge >= 0.3 is 35.8 Å². The molecule has 0 spiro atoms. The molecule has 406 valence electrons. The Balaban J connectivity index is 1.18. The van der Waals surface area contributed by atoms with Crippen LogP contribution >= 0.6 is 0 Å². The Morgan fingerprint density at radius 3 is 1.03 bits per heavy atom. The average Bonchev–Trinajstić information content (AvgIpc) is 3.35. The van der Waals surface area contributed by atoms with E-state index >= 15 is 0 Å². The van der Waals surface area contributed by atoms with Gasteiger partial charge in [-0.15, -0.1) is 0 Å². The van der Waals surface area contributed by atoms with Crippen molar-refractivity contribution in [2.24, 2.45) is 11.5 Å². The lowest BCUT2D eigenvalue weighted by Crippen LogP contribution is -2.42. The van der Waals surface area contributed by atoms with Gasteiger partial charge in [-0.1, -0.05) is 0 Å². The van der Waals surface area contributed by atoms with Gasteiger partial charge < -0.3 is 91.1 Å². The van der Waals surface area contributed by atoms with Crippen molar-refractivity contribution in [3.63, 3.8) is 0 Å². The minimum Gasteiger partial charge on any atom is -0.491 e. The molecule has 2 atom stereocenters. The van der Waals surface area contributed by atoms with Gasteiger partial charge in [-0.05, 0) is 72.8 Å². The van der Waals surface area contributed by atoms with Crippen LogP contribution < -0.4 is 51.7 Å². The highest BCUT2D eigenvalue weighted by molar-refractivity contribution is 6.00. The largest absolute Gasteiger partial charge is 0.491 e. The predicted octanol–water partition coefficient (Wildman–Crippen LogP) is 1.58. The number of ether oxygens (including phenoxy) is 8. The van der Waals surface area contributed by atoms with Gasteiger partial charge in [-0.2, -0.15) is 0 Å². The van der Waals surface area contributed by atoms with Crippen LogP contribution in [0.15, 0.2) is 84.9 Å². The molecule has 0 bridgehead atoms. The van der Waals surface area contributed by atoms with E-state index in [1.54, 1.807) is 0 Å². The normalized spacial score (nSPS) is 11.4. The molecule has 4 aromatic carbocycles. The zero-order valence-electron chi connectivity index (χ0n) is 40.2. The number of carbonyl (C=O) groups is 8. The molecule has 0 aliphatic carbocycles. The van der Waals surface area contributed by atoms with Crippen molar-refractivity contribution in [3.8, 4) is 23.0 Å². The maximum atomic E-state index is 13.0. The van der Waals surface area contributed by atoms with Crippen molar-refractivity contribution in [3.05, 3.63) is 107 Å². The summed E-state index contributed by atoms with van der Waals surface area (Å²) in [5.41, 5.74) is 11.3. The topological polar surface area (TPSA) is 439 Å². The summed E-state index contributed by atoms with van der Waals surface area (Å²) in [6, 6.07) is 15.3. The number of aliphatic carboxylic acids is 4. The van der Waals surface area contributed by atoms with Crippen molar-refractivity contribution in [2.45, 2.75) is 24.9 Å². The first kappa shape index (κ1) is 59.2. The minimum atomic E-state index is -1.77. The van der Waals surface area contributed by atoms with Gasteiger partial charge in [0.05, 0.1) is 76.8 Å². The monoisotopic (exact) mass is 1060 g/mol. The molecule has 0 saturated carbocycles. The molecule has 2 unspecified atom stereocenters. The van der Waals surface area contributed by atoms with Crippen molar-refractivity contribution in [2.75, 3.05) is 76.7 Å². The summed E-state index contributed by atoms with van der Waals surface area (Å²) in [6.45, 7) is 1.05. The molecule has 76 heavy (non-hydrogen) atoms. The van der Waals surface area contributed by atoms with E-state index < -0.39 is 72.6 Å². The highest BCUT2D eigenvalue weighted by Gasteiger charge is 2.26. The minimum absolute atomic E-state index is 0.0249. The quantitative estimate of drug-likeness (QED) is 0.0106. The summed E-state index contributed by atoms with van der Waals surface area (Å²) in [4.78, 5) is 97.5.